The topological polar surface area (TPSA) is 62.2 Å². The molecule has 0 aliphatic rings. The number of unbranched alkanes of at least 4 members (excludes halogenated alkanes) is 5. The smallest absolute Gasteiger partial charge is 0.273 e. The Bertz CT molecular complexity index is 367. The van der Waals surface area contributed by atoms with Crippen molar-refractivity contribution < 1.29 is 9.90 Å². The van der Waals surface area contributed by atoms with Crippen LogP contribution in [0.2, 0.25) is 0 Å². The van der Waals surface area contributed by atoms with Crippen molar-refractivity contribution in [2.75, 3.05) is 6.54 Å². The Morgan fingerprint density at radius 1 is 1.28 bits per heavy atom. The molecule has 4 nitrogen and oxygen atoms in total. The molecular weight excluding hydrogens is 228 g/mol. The maximum atomic E-state index is 11.7. The number of aromatic nitrogens is 1. The van der Waals surface area contributed by atoms with E-state index in [2.05, 4.69) is 17.2 Å². The van der Waals surface area contributed by atoms with E-state index in [1.54, 1.807) is 6.07 Å². The van der Waals surface area contributed by atoms with Crippen LogP contribution in [0.4, 0.5) is 0 Å². The maximum Gasteiger partial charge on any atom is 0.273 e. The highest BCUT2D eigenvalue weighted by Crippen LogP contribution is 2.12. The minimum absolute atomic E-state index is 0.0713. The lowest BCUT2D eigenvalue weighted by Gasteiger charge is -2.05. The number of amides is 1. The van der Waals surface area contributed by atoms with E-state index >= 15 is 0 Å². The number of carbonyl (C=O) groups is 1. The molecular formula is C14H22N2O2. The first-order valence-electron chi connectivity index (χ1n) is 6.68. The highest BCUT2D eigenvalue weighted by atomic mass is 16.3. The van der Waals surface area contributed by atoms with Gasteiger partial charge in [0.2, 0.25) is 0 Å². The number of aromatic hydroxyl groups is 1. The Morgan fingerprint density at radius 2 is 2.00 bits per heavy atom. The molecule has 1 rings (SSSR count). The fraction of sp³-hybridized carbons (Fsp3) is 0.571. The van der Waals surface area contributed by atoms with E-state index in [0.29, 0.717) is 6.54 Å². The summed E-state index contributed by atoms with van der Waals surface area (Å²) in [6, 6.07) is 3.06. The van der Waals surface area contributed by atoms with Crippen LogP contribution >= 0.6 is 0 Å². The third-order valence-electron chi connectivity index (χ3n) is 2.82. The Kier molecular flexibility index (Phi) is 6.84. The number of carbonyl (C=O) groups excluding carboxylic acids is 1. The Balaban J connectivity index is 2.16. The summed E-state index contributed by atoms with van der Waals surface area (Å²) >= 11 is 0. The van der Waals surface area contributed by atoms with E-state index < -0.39 is 0 Å². The predicted molar refractivity (Wildman–Crippen MR) is 71.6 cm³/mol. The molecule has 0 aliphatic heterocycles. The molecule has 0 aliphatic carbocycles. The number of rotatable bonds is 8. The summed E-state index contributed by atoms with van der Waals surface area (Å²) in [5, 5.41) is 12.2. The molecule has 0 bridgehead atoms. The van der Waals surface area contributed by atoms with Crippen LogP contribution < -0.4 is 5.32 Å². The van der Waals surface area contributed by atoms with E-state index in [0.717, 1.165) is 12.8 Å². The van der Waals surface area contributed by atoms with Gasteiger partial charge in [0.05, 0.1) is 0 Å². The fourth-order valence-corrected chi connectivity index (χ4v) is 1.76. The van der Waals surface area contributed by atoms with Crippen molar-refractivity contribution in [1.29, 1.82) is 0 Å². The fourth-order valence-electron chi connectivity index (χ4n) is 1.76. The zero-order valence-corrected chi connectivity index (χ0v) is 11.0. The van der Waals surface area contributed by atoms with Crippen molar-refractivity contribution in [2.45, 2.75) is 45.4 Å². The van der Waals surface area contributed by atoms with Crippen LogP contribution in [-0.2, 0) is 0 Å². The molecule has 0 fully saturated rings. The molecule has 1 amide bonds. The molecule has 0 radical (unpaired) electrons. The van der Waals surface area contributed by atoms with Crippen LogP contribution in [0.15, 0.2) is 18.3 Å². The molecule has 0 aromatic carbocycles. The van der Waals surface area contributed by atoms with Crippen molar-refractivity contribution in [3.05, 3.63) is 24.0 Å². The first-order chi connectivity index (χ1) is 8.75. The van der Waals surface area contributed by atoms with Crippen molar-refractivity contribution in [3.8, 4) is 5.75 Å². The van der Waals surface area contributed by atoms with Crippen molar-refractivity contribution >= 4 is 5.91 Å². The number of hydrogen-bond acceptors (Lipinski definition) is 3. The van der Waals surface area contributed by atoms with E-state index in [-0.39, 0.29) is 17.4 Å². The van der Waals surface area contributed by atoms with Gasteiger partial charge in [0, 0.05) is 12.7 Å². The molecule has 18 heavy (non-hydrogen) atoms. The monoisotopic (exact) mass is 250 g/mol. The molecule has 1 heterocycles. The van der Waals surface area contributed by atoms with Crippen LogP contribution in [0.1, 0.15) is 55.9 Å². The minimum Gasteiger partial charge on any atom is -0.505 e. The highest BCUT2D eigenvalue weighted by molar-refractivity contribution is 5.94. The zero-order chi connectivity index (χ0) is 13.2. The summed E-state index contributed by atoms with van der Waals surface area (Å²) in [6.45, 7) is 2.83. The third kappa shape index (κ3) is 5.17. The summed E-state index contributed by atoms with van der Waals surface area (Å²) in [4.78, 5) is 15.5. The van der Waals surface area contributed by atoms with Gasteiger partial charge in [0.25, 0.3) is 5.91 Å². The molecule has 2 N–H and O–H groups in total. The van der Waals surface area contributed by atoms with E-state index in [9.17, 15) is 9.90 Å². The molecule has 0 spiro atoms. The van der Waals surface area contributed by atoms with Crippen LogP contribution in [-0.4, -0.2) is 22.5 Å². The molecule has 0 saturated heterocycles. The van der Waals surface area contributed by atoms with Gasteiger partial charge in [-0.2, -0.15) is 0 Å². The van der Waals surface area contributed by atoms with Crippen LogP contribution in [0.5, 0.6) is 5.75 Å². The lowest BCUT2D eigenvalue weighted by Crippen LogP contribution is -2.25. The summed E-state index contributed by atoms with van der Waals surface area (Å²) in [7, 11) is 0. The zero-order valence-electron chi connectivity index (χ0n) is 11.0. The normalized spacial score (nSPS) is 10.3. The lowest BCUT2D eigenvalue weighted by molar-refractivity contribution is 0.0945. The van der Waals surface area contributed by atoms with Crippen molar-refractivity contribution in [3.63, 3.8) is 0 Å². The molecule has 0 unspecified atom stereocenters. The maximum absolute atomic E-state index is 11.7. The van der Waals surface area contributed by atoms with E-state index in [4.69, 9.17) is 0 Å². The summed E-state index contributed by atoms with van der Waals surface area (Å²) in [5.74, 6) is -0.375. The number of pyridine rings is 1. The molecule has 0 saturated carbocycles. The van der Waals surface area contributed by atoms with Gasteiger partial charge in [0.1, 0.15) is 5.75 Å². The first-order valence-corrected chi connectivity index (χ1v) is 6.68. The quantitative estimate of drug-likeness (QED) is 0.697. The summed E-state index contributed by atoms with van der Waals surface area (Å²) in [5.41, 5.74) is 0.100. The predicted octanol–water partition coefficient (Wildman–Crippen LogP) is 2.88. The molecule has 100 valence electrons. The van der Waals surface area contributed by atoms with Gasteiger partial charge in [-0.3, -0.25) is 4.79 Å². The lowest BCUT2D eigenvalue weighted by atomic mass is 10.1. The Labute approximate surface area is 108 Å². The van der Waals surface area contributed by atoms with Gasteiger partial charge in [-0.15, -0.1) is 0 Å². The summed E-state index contributed by atoms with van der Waals surface area (Å²) < 4.78 is 0. The van der Waals surface area contributed by atoms with Gasteiger partial charge < -0.3 is 10.4 Å². The van der Waals surface area contributed by atoms with Gasteiger partial charge in [-0.05, 0) is 18.6 Å². The largest absolute Gasteiger partial charge is 0.505 e. The average Bonchev–Trinajstić information content (AvgIpc) is 2.38. The van der Waals surface area contributed by atoms with Gasteiger partial charge in [-0.1, -0.05) is 39.0 Å². The van der Waals surface area contributed by atoms with Crippen molar-refractivity contribution in [1.82, 2.24) is 10.3 Å². The average molecular weight is 250 g/mol. The van der Waals surface area contributed by atoms with Crippen molar-refractivity contribution in [2.24, 2.45) is 0 Å². The standard InChI is InChI=1S/C14H22N2O2/c1-2-3-4-5-6-7-10-16-14(18)13-12(17)9-8-11-15-13/h8-9,11,17H,2-7,10H2,1H3,(H,16,18). The molecule has 0 atom stereocenters. The Morgan fingerprint density at radius 3 is 2.72 bits per heavy atom. The Hall–Kier alpha value is -1.58. The second-order valence-corrected chi connectivity index (χ2v) is 4.39. The summed E-state index contributed by atoms with van der Waals surface area (Å²) in [6.07, 6.45) is 8.63. The van der Waals surface area contributed by atoms with Crippen LogP contribution in [0.3, 0.4) is 0 Å². The second kappa shape index (κ2) is 8.50. The molecule has 1 aromatic rings. The van der Waals surface area contributed by atoms with Crippen LogP contribution in [0.25, 0.3) is 0 Å². The van der Waals surface area contributed by atoms with Crippen LogP contribution in [0, 0.1) is 0 Å². The second-order valence-electron chi connectivity index (χ2n) is 4.39. The van der Waals surface area contributed by atoms with E-state index in [1.807, 2.05) is 0 Å². The molecule has 4 heteroatoms. The third-order valence-corrected chi connectivity index (χ3v) is 2.82. The van der Waals surface area contributed by atoms with Gasteiger partial charge in [0.15, 0.2) is 5.69 Å². The number of hydrogen-bond donors (Lipinski definition) is 2. The number of nitrogens with one attached hydrogen (secondary N) is 1. The highest BCUT2D eigenvalue weighted by Gasteiger charge is 2.10. The van der Waals surface area contributed by atoms with Gasteiger partial charge >= 0.3 is 0 Å². The molecule has 1 aromatic heterocycles. The minimum atomic E-state index is -0.304. The van der Waals surface area contributed by atoms with Gasteiger partial charge in [-0.25, -0.2) is 4.98 Å². The van der Waals surface area contributed by atoms with E-state index in [1.165, 1.54) is 37.9 Å². The number of nitrogens with zero attached hydrogens (tertiary/aromatic N) is 1. The SMILES string of the molecule is CCCCCCCCNC(=O)c1ncccc1O. The first kappa shape index (κ1) is 14.5.